The van der Waals surface area contributed by atoms with Crippen LogP contribution in [0.5, 0.6) is 0 Å². The molecule has 0 saturated carbocycles. The fourth-order valence-corrected chi connectivity index (χ4v) is 1.21. The van der Waals surface area contributed by atoms with Gasteiger partial charge in [-0.3, -0.25) is 4.98 Å². The lowest BCUT2D eigenvalue weighted by Gasteiger charge is -2.09. The molecule has 0 amide bonds. The summed E-state index contributed by atoms with van der Waals surface area (Å²) in [4.78, 5) is 3.69. The van der Waals surface area contributed by atoms with Crippen LogP contribution in [0.25, 0.3) is 5.57 Å². The summed E-state index contributed by atoms with van der Waals surface area (Å²) in [6, 6.07) is 4.40. The van der Waals surface area contributed by atoms with Crippen molar-refractivity contribution in [1.82, 2.24) is 4.98 Å². The van der Waals surface area contributed by atoms with Crippen molar-refractivity contribution in [1.29, 1.82) is 0 Å². The summed E-state index contributed by atoms with van der Waals surface area (Å²) >= 11 is 0. The van der Waals surface area contributed by atoms with Gasteiger partial charge in [0.05, 0.1) is 11.3 Å². The summed E-state index contributed by atoms with van der Waals surface area (Å²) in [7, 11) is 0. The van der Waals surface area contributed by atoms with Crippen LogP contribution < -0.4 is 0 Å². The van der Waals surface area contributed by atoms with E-state index in [0.29, 0.717) is 0 Å². The predicted molar refractivity (Wildman–Crippen MR) is 49.4 cm³/mol. The van der Waals surface area contributed by atoms with Gasteiger partial charge in [0.15, 0.2) is 17.5 Å². The molecule has 1 aromatic heterocycles. The van der Waals surface area contributed by atoms with Crippen molar-refractivity contribution in [2.45, 2.75) is 0 Å². The molecule has 16 heavy (non-hydrogen) atoms. The molecule has 81 valence electrons. The average Bonchev–Trinajstić information content (AvgIpc) is 2.32. The van der Waals surface area contributed by atoms with Gasteiger partial charge in [0.2, 0.25) is 0 Å². The van der Waals surface area contributed by atoms with Crippen LogP contribution in [0.4, 0.5) is 17.6 Å². The Hall–Kier alpha value is -1.87. The molecule has 0 saturated heterocycles. The zero-order valence-electron chi connectivity index (χ0n) is 7.77. The highest BCUT2D eigenvalue weighted by molar-refractivity contribution is 5.78. The zero-order valence-corrected chi connectivity index (χ0v) is 7.77. The minimum atomic E-state index is -1.88. The van der Waals surface area contributed by atoms with Gasteiger partial charge in [-0.05, 0) is 12.1 Å². The summed E-state index contributed by atoms with van der Waals surface area (Å²) in [6.07, 6.45) is -0.556. The molecule has 0 spiro atoms. The van der Waals surface area contributed by atoms with E-state index < -0.39 is 29.2 Å². The Morgan fingerprint density at radius 2 is 1.75 bits per heavy atom. The standard InChI is InChI=1S/C11H4F4N/c12-7-5-6(8-3-1-2-4-16-8)9(13)11(15)10(7)14/h1-4H. The van der Waals surface area contributed by atoms with Gasteiger partial charge in [-0.1, -0.05) is 11.8 Å². The first-order chi connectivity index (χ1) is 7.61. The monoisotopic (exact) mass is 226 g/mol. The van der Waals surface area contributed by atoms with E-state index in [0.717, 1.165) is 0 Å². The molecule has 0 bridgehead atoms. The third-order valence-electron chi connectivity index (χ3n) is 1.95. The Balaban J connectivity index is 2.62. The van der Waals surface area contributed by atoms with E-state index in [1.54, 1.807) is 11.8 Å². The maximum Gasteiger partial charge on any atom is 0.270 e. The van der Waals surface area contributed by atoms with Crippen molar-refractivity contribution in [2.75, 3.05) is 0 Å². The molecule has 1 radical (unpaired) electrons. The number of pyridine rings is 1. The lowest BCUT2D eigenvalue weighted by Crippen LogP contribution is -2.01. The molecule has 2 rings (SSSR count). The van der Waals surface area contributed by atoms with Crippen molar-refractivity contribution in [3.05, 3.63) is 59.5 Å². The van der Waals surface area contributed by atoms with Crippen LogP contribution in [0.15, 0.2) is 47.6 Å². The third kappa shape index (κ3) is 1.66. The van der Waals surface area contributed by atoms with Crippen LogP contribution >= 0.6 is 0 Å². The second kappa shape index (κ2) is 3.94. The van der Waals surface area contributed by atoms with Gasteiger partial charge < -0.3 is 0 Å². The molecule has 0 aromatic carbocycles. The minimum absolute atomic E-state index is 0.0159. The van der Waals surface area contributed by atoms with Crippen LogP contribution in [-0.4, -0.2) is 4.98 Å². The van der Waals surface area contributed by atoms with E-state index in [1.165, 1.54) is 18.3 Å². The van der Waals surface area contributed by atoms with Crippen LogP contribution in [-0.2, 0) is 0 Å². The molecule has 1 nitrogen and oxygen atoms in total. The van der Waals surface area contributed by atoms with Gasteiger partial charge in [-0.25, -0.2) is 13.2 Å². The van der Waals surface area contributed by atoms with Crippen LogP contribution in [0.1, 0.15) is 5.69 Å². The molecule has 0 N–H and O–H groups in total. The molecule has 1 aliphatic carbocycles. The Morgan fingerprint density at radius 3 is 2.38 bits per heavy atom. The van der Waals surface area contributed by atoms with Crippen LogP contribution in [0.3, 0.4) is 0 Å². The Bertz CT molecular complexity index is 512. The first kappa shape index (κ1) is 10.6. The van der Waals surface area contributed by atoms with Crippen LogP contribution in [0.2, 0.25) is 0 Å². The van der Waals surface area contributed by atoms with E-state index in [9.17, 15) is 17.6 Å². The van der Waals surface area contributed by atoms with Crippen LogP contribution in [0, 0.1) is 6.17 Å². The molecule has 0 fully saturated rings. The highest BCUT2D eigenvalue weighted by Crippen LogP contribution is 2.38. The largest absolute Gasteiger partial charge is 0.270 e. The van der Waals surface area contributed by atoms with Gasteiger partial charge in [0.1, 0.15) is 0 Å². The highest BCUT2D eigenvalue weighted by atomic mass is 19.2. The molecule has 0 unspecified atom stereocenters. The van der Waals surface area contributed by atoms with Gasteiger partial charge in [0.25, 0.3) is 6.17 Å². The van der Waals surface area contributed by atoms with Crippen molar-refractivity contribution in [2.24, 2.45) is 0 Å². The summed E-state index contributed by atoms with van der Waals surface area (Å²) in [6.45, 7) is 0. The smallest absolute Gasteiger partial charge is 0.255 e. The number of hydrogen-bond donors (Lipinski definition) is 0. The molecule has 1 aliphatic rings. The van der Waals surface area contributed by atoms with E-state index in [2.05, 4.69) is 4.98 Å². The Kier molecular flexibility index (Phi) is 2.62. The second-order valence-electron chi connectivity index (χ2n) is 2.97. The maximum atomic E-state index is 13.3. The summed E-state index contributed by atoms with van der Waals surface area (Å²) in [5.41, 5.74) is 1.24. The molecule has 1 heterocycles. The average molecular weight is 226 g/mol. The number of nitrogens with zero attached hydrogens (tertiary/aromatic N) is 1. The van der Waals surface area contributed by atoms with Gasteiger partial charge >= 0.3 is 0 Å². The number of halogens is 4. The van der Waals surface area contributed by atoms with E-state index in [-0.39, 0.29) is 5.69 Å². The molecular formula is C11H4F4N. The number of rotatable bonds is 1. The fourth-order valence-electron chi connectivity index (χ4n) is 1.21. The van der Waals surface area contributed by atoms with Gasteiger partial charge in [-0.15, -0.1) is 0 Å². The summed E-state index contributed by atoms with van der Waals surface area (Å²) < 4.78 is 51.7. The van der Waals surface area contributed by atoms with Crippen molar-refractivity contribution in [3.8, 4) is 0 Å². The normalized spacial score (nSPS) is 17.2. The third-order valence-corrected chi connectivity index (χ3v) is 1.95. The van der Waals surface area contributed by atoms with Crippen molar-refractivity contribution < 1.29 is 17.6 Å². The fraction of sp³-hybridized carbons (Fsp3) is 0. The molecule has 0 atom stereocenters. The summed E-state index contributed by atoms with van der Waals surface area (Å²) in [5.74, 6) is -4.94. The van der Waals surface area contributed by atoms with E-state index >= 15 is 0 Å². The molecular weight excluding hydrogens is 222 g/mol. The Labute approximate surface area is 88.4 Å². The number of hydrogen-bond acceptors (Lipinski definition) is 1. The van der Waals surface area contributed by atoms with Crippen molar-refractivity contribution >= 4 is 5.57 Å². The maximum absolute atomic E-state index is 13.3. The first-order valence-corrected chi connectivity index (χ1v) is 4.28. The topological polar surface area (TPSA) is 12.9 Å². The lowest BCUT2D eigenvalue weighted by atomic mass is 10.1. The van der Waals surface area contributed by atoms with Gasteiger partial charge in [-0.2, -0.15) is 4.39 Å². The number of aromatic nitrogens is 1. The first-order valence-electron chi connectivity index (χ1n) is 4.28. The molecule has 1 aromatic rings. The van der Waals surface area contributed by atoms with E-state index in [1.807, 2.05) is 0 Å². The second-order valence-corrected chi connectivity index (χ2v) is 2.97. The highest BCUT2D eigenvalue weighted by Gasteiger charge is 2.31. The quantitative estimate of drug-likeness (QED) is 0.526. The minimum Gasteiger partial charge on any atom is -0.255 e. The van der Waals surface area contributed by atoms with E-state index in [4.69, 9.17) is 0 Å². The molecule has 0 aliphatic heterocycles. The molecule has 5 heteroatoms. The Morgan fingerprint density at radius 1 is 1.00 bits per heavy atom. The summed E-state index contributed by atoms with van der Waals surface area (Å²) in [5, 5.41) is 0. The number of allylic oxidation sites excluding steroid dienone is 3. The lowest BCUT2D eigenvalue weighted by molar-refractivity contribution is 0.402. The van der Waals surface area contributed by atoms with Gasteiger partial charge in [0, 0.05) is 6.20 Å². The zero-order chi connectivity index (χ0) is 11.7. The van der Waals surface area contributed by atoms with Crippen molar-refractivity contribution in [3.63, 3.8) is 0 Å². The SMILES string of the molecule is F[C]1C(F)=C=C(c2ccccn2)C(F)=C1F. The predicted octanol–water partition coefficient (Wildman–Crippen LogP) is 3.58.